The second-order valence-electron chi connectivity index (χ2n) is 4.15. The first-order chi connectivity index (χ1) is 9.99. The summed E-state index contributed by atoms with van der Waals surface area (Å²) in [5.74, 6) is 0.318. The van der Waals surface area contributed by atoms with Crippen LogP contribution in [0.5, 0.6) is 0 Å². The lowest BCUT2D eigenvalue weighted by Gasteiger charge is -2.06. The molecule has 0 amide bonds. The second-order valence-corrected chi connectivity index (χ2v) is 5.17. The highest BCUT2D eigenvalue weighted by Gasteiger charge is 2.14. The molecule has 21 heavy (non-hydrogen) atoms. The first kappa shape index (κ1) is 14.8. The van der Waals surface area contributed by atoms with Crippen LogP contribution in [0.15, 0.2) is 47.4 Å². The van der Waals surface area contributed by atoms with Gasteiger partial charge in [-0.25, -0.2) is 0 Å². The van der Waals surface area contributed by atoms with E-state index >= 15 is 0 Å². The molecule has 2 aromatic rings. The average Bonchev–Trinajstić information content (AvgIpc) is 2.46. The van der Waals surface area contributed by atoms with Crippen molar-refractivity contribution < 1.29 is 9.85 Å². The fraction of sp³-hybridized carbons (Fsp3) is 0.0769. The summed E-state index contributed by atoms with van der Waals surface area (Å²) in [6.07, 6.45) is 0. The molecule has 7 nitrogen and oxygen atoms in total. The number of nitro benzene ring substituents is 2. The topological polar surface area (TPSA) is 112 Å². The molecule has 2 aromatic carbocycles. The number of benzene rings is 2. The van der Waals surface area contributed by atoms with Gasteiger partial charge in [0, 0.05) is 29.6 Å². The van der Waals surface area contributed by atoms with Gasteiger partial charge in [0.25, 0.3) is 11.4 Å². The molecule has 108 valence electrons. The third-order valence-electron chi connectivity index (χ3n) is 2.78. The van der Waals surface area contributed by atoms with Crippen molar-refractivity contribution in [3.05, 3.63) is 68.3 Å². The zero-order valence-electron chi connectivity index (χ0n) is 10.8. The van der Waals surface area contributed by atoms with Gasteiger partial charge in [0.15, 0.2) is 0 Å². The quantitative estimate of drug-likeness (QED) is 0.392. The highest BCUT2D eigenvalue weighted by molar-refractivity contribution is 7.98. The lowest BCUT2D eigenvalue weighted by Crippen LogP contribution is -1.96. The molecule has 0 aliphatic heterocycles. The Labute approximate surface area is 124 Å². The van der Waals surface area contributed by atoms with Crippen LogP contribution in [0.1, 0.15) is 5.56 Å². The number of non-ortho nitro benzene ring substituents is 1. The van der Waals surface area contributed by atoms with Crippen LogP contribution in [0, 0.1) is 20.2 Å². The summed E-state index contributed by atoms with van der Waals surface area (Å²) in [4.78, 5) is 21.2. The van der Waals surface area contributed by atoms with E-state index in [-0.39, 0.29) is 11.4 Å². The first-order valence-corrected chi connectivity index (χ1v) is 6.86. The normalized spacial score (nSPS) is 10.3. The summed E-state index contributed by atoms with van der Waals surface area (Å²) < 4.78 is 0. The molecule has 0 heterocycles. The van der Waals surface area contributed by atoms with E-state index in [1.54, 1.807) is 18.2 Å². The number of para-hydroxylation sites is 1. The summed E-state index contributed by atoms with van der Waals surface area (Å²) in [5, 5.41) is 21.7. The monoisotopic (exact) mass is 305 g/mol. The molecule has 0 saturated heterocycles. The molecule has 2 N–H and O–H groups in total. The Hall–Kier alpha value is -2.61. The van der Waals surface area contributed by atoms with Crippen LogP contribution in [0.3, 0.4) is 0 Å². The summed E-state index contributed by atoms with van der Waals surface area (Å²) in [6.45, 7) is 0. The van der Waals surface area contributed by atoms with Gasteiger partial charge in [0.1, 0.15) is 0 Å². The van der Waals surface area contributed by atoms with Crippen LogP contribution in [0.2, 0.25) is 0 Å². The number of nitrogens with two attached hydrogens (primary N) is 1. The average molecular weight is 305 g/mol. The van der Waals surface area contributed by atoms with Crippen molar-refractivity contribution in [3.63, 3.8) is 0 Å². The van der Waals surface area contributed by atoms with Crippen LogP contribution in [0.25, 0.3) is 0 Å². The Morgan fingerprint density at radius 1 is 1.05 bits per heavy atom. The lowest BCUT2D eigenvalue weighted by atomic mass is 10.2. The molecular formula is C13H11N3O4S. The summed E-state index contributed by atoms with van der Waals surface area (Å²) in [6, 6.07) is 10.5. The number of rotatable bonds is 5. The third-order valence-corrected chi connectivity index (χ3v) is 3.89. The maximum absolute atomic E-state index is 10.9. The van der Waals surface area contributed by atoms with Crippen molar-refractivity contribution in [2.45, 2.75) is 10.6 Å². The van der Waals surface area contributed by atoms with Gasteiger partial charge in [-0.2, -0.15) is 0 Å². The van der Waals surface area contributed by atoms with Crippen molar-refractivity contribution in [1.82, 2.24) is 0 Å². The highest BCUT2D eigenvalue weighted by atomic mass is 32.2. The Balaban J connectivity index is 2.22. The minimum absolute atomic E-state index is 0.00602. The zero-order valence-corrected chi connectivity index (χ0v) is 11.6. The number of nitrogen functional groups attached to an aromatic ring is 1. The second kappa shape index (κ2) is 6.23. The third kappa shape index (κ3) is 3.48. The van der Waals surface area contributed by atoms with Gasteiger partial charge in [-0.3, -0.25) is 20.2 Å². The number of thioether (sulfide) groups is 1. The Bertz CT molecular complexity index is 706. The van der Waals surface area contributed by atoms with Gasteiger partial charge in [-0.05, 0) is 17.7 Å². The molecule has 0 aliphatic carbocycles. The number of hydrogen-bond donors (Lipinski definition) is 1. The van der Waals surface area contributed by atoms with Gasteiger partial charge >= 0.3 is 0 Å². The minimum Gasteiger partial charge on any atom is -0.398 e. The largest absolute Gasteiger partial charge is 0.398 e. The van der Waals surface area contributed by atoms with E-state index in [2.05, 4.69) is 0 Å². The number of anilines is 1. The Morgan fingerprint density at radius 2 is 1.76 bits per heavy atom. The maximum atomic E-state index is 10.9. The predicted molar refractivity (Wildman–Crippen MR) is 80.2 cm³/mol. The Morgan fingerprint density at radius 3 is 2.43 bits per heavy atom. The van der Waals surface area contributed by atoms with Crippen LogP contribution >= 0.6 is 11.8 Å². The molecule has 2 rings (SSSR count). The fourth-order valence-electron chi connectivity index (χ4n) is 1.72. The number of nitro groups is 2. The van der Waals surface area contributed by atoms with Gasteiger partial charge < -0.3 is 5.73 Å². The first-order valence-electron chi connectivity index (χ1n) is 5.88. The van der Waals surface area contributed by atoms with E-state index in [0.29, 0.717) is 21.9 Å². The van der Waals surface area contributed by atoms with Crippen molar-refractivity contribution in [2.24, 2.45) is 0 Å². The van der Waals surface area contributed by atoms with Gasteiger partial charge in [-0.15, -0.1) is 11.8 Å². The van der Waals surface area contributed by atoms with Gasteiger partial charge in [0.05, 0.1) is 14.7 Å². The highest BCUT2D eigenvalue weighted by Crippen LogP contribution is 2.33. The van der Waals surface area contributed by atoms with Crippen LogP contribution in [-0.2, 0) is 5.75 Å². The van der Waals surface area contributed by atoms with Gasteiger partial charge in [0.2, 0.25) is 0 Å². The summed E-state index contributed by atoms with van der Waals surface area (Å²) in [7, 11) is 0. The molecule has 0 aromatic heterocycles. The molecule has 0 bridgehead atoms. The van der Waals surface area contributed by atoms with Crippen LogP contribution in [0.4, 0.5) is 17.1 Å². The molecule has 0 unspecified atom stereocenters. The van der Waals surface area contributed by atoms with E-state index < -0.39 is 9.85 Å². The lowest BCUT2D eigenvalue weighted by molar-refractivity contribution is -0.387. The van der Waals surface area contributed by atoms with Gasteiger partial charge in [-0.1, -0.05) is 12.1 Å². The van der Waals surface area contributed by atoms with E-state index in [1.807, 2.05) is 0 Å². The fourth-order valence-corrected chi connectivity index (χ4v) is 2.74. The summed E-state index contributed by atoms with van der Waals surface area (Å²) in [5.41, 5.74) is 6.73. The predicted octanol–water partition coefficient (Wildman–Crippen LogP) is 3.38. The molecule has 0 radical (unpaired) electrons. The van der Waals surface area contributed by atoms with E-state index in [1.165, 1.54) is 36.0 Å². The van der Waals surface area contributed by atoms with Crippen LogP contribution in [-0.4, -0.2) is 9.85 Å². The number of nitrogens with zero attached hydrogens (tertiary/aromatic N) is 2. The van der Waals surface area contributed by atoms with E-state index in [4.69, 9.17) is 5.73 Å². The van der Waals surface area contributed by atoms with Crippen molar-refractivity contribution in [3.8, 4) is 0 Å². The standard InChI is InChI=1S/C13H11N3O4S/c14-11-6-5-10(15(17)18)7-9(11)8-21-13-4-2-1-3-12(13)16(19)20/h1-7H,8,14H2. The van der Waals surface area contributed by atoms with E-state index in [9.17, 15) is 20.2 Å². The minimum atomic E-state index is -0.501. The smallest absolute Gasteiger partial charge is 0.282 e. The Kier molecular flexibility index (Phi) is 4.39. The van der Waals surface area contributed by atoms with Crippen molar-refractivity contribution in [2.75, 3.05) is 5.73 Å². The zero-order chi connectivity index (χ0) is 15.4. The molecule has 0 atom stereocenters. The molecule has 0 saturated carbocycles. The molecule has 0 spiro atoms. The number of hydrogen-bond acceptors (Lipinski definition) is 6. The van der Waals surface area contributed by atoms with E-state index in [0.717, 1.165) is 0 Å². The SMILES string of the molecule is Nc1ccc([N+](=O)[O-])cc1CSc1ccccc1[N+](=O)[O-]. The molecule has 0 aliphatic rings. The molecular weight excluding hydrogens is 294 g/mol. The molecule has 8 heteroatoms. The molecule has 0 fully saturated rings. The van der Waals surface area contributed by atoms with Crippen molar-refractivity contribution >= 4 is 28.8 Å². The van der Waals surface area contributed by atoms with Crippen molar-refractivity contribution in [1.29, 1.82) is 0 Å². The maximum Gasteiger partial charge on any atom is 0.282 e. The van der Waals surface area contributed by atoms with Crippen LogP contribution < -0.4 is 5.73 Å². The summed E-state index contributed by atoms with van der Waals surface area (Å²) >= 11 is 1.22.